The van der Waals surface area contributed by atoms with Crippen molar-refractivity contribution in [3.8, 4) is 0 Å². The number of aryl methyl sites for hydroxylation is 2. The molecule has 0 aliphatic carbocycles. The molecular formula is C21H24F3N3. The Balaban J connectivity index is 1.67. The quantitative estimate of drug-likeness (QED) is 0.721. The average Bonchev–Trinajstić information content (AvgIpc) is 2.99. The Kier molecular flexibility index (Phi) is 4.54. The summed E-state index contributed by atoms with van der Waals surface area (Å²) in [4.78, 5) is 0. The van der Waals surface area contributed by atoms with Crippen molar-refractivity contribution >= 4 is 11.4 Å². The zero-order valence-electron chi connectivity index (χ0n) is 15.5. The van der Waals surface area contributed by atoms with E-state index in [9.17, 15) is 13.2 Å². The fraction of sp³-hybridized carbons (Fsp3) is 0.429. The predicted octanol–water partition coefficient (Wildman–Crippen LogP) is 4.81. The molecular weight excluding hydrogens is 351 g/mol. The van der Waals surface area contributed by atoms with Crippen LogP contribution in [0.25, 0.3) is 0 Å². The number of hydrogen-bond acceptors (Lipinski definition) is 3. The minimum Gasteiger partial charge on any atom is -0.381 e. The van der Waals surface area contributed by atoms with Gasteiger partial charge in [-0.1, -0.05) is 23.8 Å². The molecule has 1 saturated heterocycles. The molecule has 2 aromatic carbocycles. The first-order valence-electron chi connectivity index (χ1n) is 9.35. The summed E-state index contributed by atoms with van der Waals surface area (Å²) in [5.41, 5.74) is 4.35. The van der Waals surface area contributed by atoms with Gasteiger partial charge in [0.25, 0.3) is 0 Å². The molecule has 0 spiro atoms. The van der Waals surface area contributed by atoms with Gasteiger partial charge in [-0.2, -0.15) is 13.2 Å². The molecule has 1 fully saturated rings. The normalized spacial score (nSPS) is 21.4. The van der Waals surface area contributed by atoms with Crippen molar-refractivity contribution in [3.63, 3.8) is 0 Å². The molecule has 6 heteroatoms. The third kappa shape index (κ3) is 3.50. The minimum atomic E-state index is -4.38. The second kappa shape index (κ2) is 6.75. The molecule has 2 aliphatic rings. The number of benzene rings is 2. The lowest BCUT2D eigenvalue weighted by Crippen LogP contribution is -2.38. The largest absolute Gasteiger partial charge is 0.418 e. The predicted molar refractivity (Wildman–Crippen MR) is 102 cm³/mol. The van der Waals surface area contributed by atoms with E-state index in [2.05, 4.69) is 22.0 Å². The topological polar surface area (TPSA) is 36.1 Å². The van der Waals surface area contributed by atoms with Crippen LogP contribution in [0.2, 0.25) is 0 Å². The van der Waals surface area contributed by atoms with Crippen LogP contribution in [0.5, 0.6) is 0 Å². The van der Waals surface area contributed by atoms with Crippen molar-refractivity contribution in [2.24, 2.45) is 0 Å². The van der Waals surface area contributed by atoms with Crippen LogP contribution < -0.4 is 16.0 Å². The third-order valence-corrected chi connectivity index (χ3v) is 5.67. The molecule has 0 amide bonds. The molecule has 144 valence electrons. The second-order valence-corrected chi connectivity index (χ2v) is 7.62. The van der Waals surface area contributed by atoms with Crippen molar-refractivity contribution in [3.05, 3.63) is 58.1 Å². The van der Waals surface area contributed by atoms with E-state index in [1.165, 1.54) is 6.07 Å². The number of nitrogens with one attached hydrogen (secondary N) is 3. The van der Waals surface area contributed by atoms with Crippen LogP contribution in [-0.4, -0.2) is 19.1 Å². The lowest BCUT2D eigenvalue weighted by Gasteiger charge is -2.26. The highest BCUT2D eigenvalue weighted by atomic mass is 19.4. The van der Waals surface area contributed by atoms with Gasteiger partial charge in [-0.15, -0.1) is 0 Å². The van der Waals surface area contributed by atoms with Crippen molar-refractivity contribution in [2.45, 2.75) is 44.9 Å². The van der Waals surface area contributed by atoms with Crippen molar-refractivity contribution < 1.29 is 13.2 Å². The fourth-order valence-electron chi connectivity index (χ4n) is 4.18. The molecule has 0 bridgehead atoms. The Morgan fingerprint density at radius 2 is 1.96 bits per heavy atom. The van der Waals surface area contributed by atoms with Gasteiger partial charge in [0.05, 0.1) is 11.3 Å². The minimum absolute atomic E-state index is 0.0802. The van der Waals surface area contributed by atoms with Crippen molar-refractivity contribution in [1.82, 2.24) is 5.32 Å². The molecule has 1 unspecified atom stereocenters. The fourth-order valence-corrected chi connectivity index (χ4v) is 4.18. The zero-order chi connectivity index (χ0) is 19.2. The molecule has 0 radical (unpaired) electrons. The van der Waals surface area contributed by atoms with Gasteiger partial charge in [-0.3, -0.25) is 0 Å². The lowest BCUT2D eigenvalue weighted by atomic mass is 9.89. The number of fused-ring (bicyclic) bond motifs is 3. The highest BCUT2D eigenvalue weighted by molar-refractivity contribution is 5.71. The first-order valence-corrected chi connectivity index (χ1v) is 9.35. The van der Waals surface area contributed by atoms with Crippen LogP contribution in [0.4, 0.5) is 24.5 Å². The summed E-state index contributed by atoms with van der Waals surface area (Å²) in [6.07, 6.45) is -3.54. The Hall–Kier alpha value is -2.21. The molecule has 3 N–H and O–H groups in total. The maximum Gasteiger partial charge on any atom is 0.418 e. The van der Waals surface area contributed by atoms with E-state index in [0.717, 1.165) is 35.2 Å². The molecule has 3 nitrogen and oxygen atoms in total. The maximum absolute atomic E-state index is 13.7. The highest BCUT2D eigenvalue weighted by Crippen LogP contribution is 2.47. The summed E-state index contributed by atoms with van der Waals surface area (Å²) >= 11 is 0. The van der Waals surface area contributed by atoms with E-state index in [1.807, 2.05) is 32.0 Å². The van der Waals surface area contributed by atoms with Gasteiger partial charge in [-0.05, 0) is 55.6 Å². The third-order valence-electron chi connectivity index (χ3n) is 5.67. The standard InChI is InChI=1S/C21H24F3N3/c1-12-3-4-13(2)14(7-12)10-26-15-8-16-17-11-25-6-5-19(17)27-20(16)18(9-15)21(22,23)24/h3-4,7-9,17,19,25-27H,5-6,10-11H2,1-2H3/t17?,19-/m0/s1. The zero-order valence-corrected chi connectivity index (χ0v) is 15.5. The lowest BCUT2D eigenvalue weighted by molar-refractivity contribution is -0.136. The number of hydrogen-bond donors (Lipinski definition) is 3. The summed E-state index contributed by atoms with van der Waals surface area (Å²) in [5.74, 6) is 0.0808. The number of halogens is 3. The first kappa shape index (κ1) is 18.2. The Morgan fingerprint density at radius 3 is 2.74 bits per heavy atom. The maximum atomic E-state index is 13.7. The van der Waals surface area contributed by atoms with E-state index >= 15 is 0 Å². The molecule has 0 saturated carbocycles. The van der Waals surface area contributed by atoms with E-state index < -0.39 is 11.7 Å². The number of anilines is 2. The average molecular weight is 375 g/mol. The smallest absolute Gasteiger partial charge is 0.381 e. The summed E-state index contributed by atoms with van der Waals surface area (Å²) in [7, 11) is 0. The molecule has 4 rings (SSSR count). The summed E-state index contributed by atoms with van der Waals surface area (Å²) in [6, 6.07) is 9.36. The van der Waals surface area contributed by atoms with E-state index in [-0.39, 0.29) is 17.6 Å². The monoisotopic (exact) mass is 375 g/mol. The summed E-state index contributed by atoms with van der Waals surface area (Å²) in [6.45, 7) is 6.08. The molecule has 27 heavy (non-hydrogen) atoms. The molecule has 0 aromatic heterocycles. The Morgan fingerprint density at radius 1 is 1.15 bits per heavy atom. The van der Waals surface area contributed by atoms with Crippen LogP contribution in [0.15, 0.2) is 30.3 Å². The number of rotatable bonds is 3. The number of piperidine rings is 1. The summed E-state index contributed by atoms with van der Waals surface area (Å²) in [5, 5.41) is 9.66. The van der Waals surface area contributed by atoms with E-state index in [4.69, 9.17) is 0 Å². The highest BCUT2D eigenvalue weighted by Gasteiger charge is 2.42. The SMILES string of the molecule is Cc1ccc(C)c(CNc2cc3c(c(C(F)(F)F)c2)N[C@H]2CCNCC32)c1. The number of alkyl halides is 3. The van der Waals surface area contributed by atoms with Gasteiger partial charge in [0.2, 0.25) is 0 Å². The van der Waals surface area contributed by atoms with Crippen LogP contribution in [0.3, 0.4) is 0 Å². The van der Waals surface area contributed by atoms with Crippen molar-refractivity contribution in [2.75, 3.05) is 23.7 Å². The Labute approximate surface area is 157 Å². The van der Waals surface area contributed by atoms with Crippen LogP contribution in [-0.2, 0) is 12.7 Å². The van der Waals surface area contributed by atoms with Gasteiger partial charge in [0, 0.05) is 30.7 Å². The van der Waals surface area contributed by atoms with Gasteiger partial charge >= 0.3 is 6.18 Å². The van der Waals surface area contributed by atoms with Crippen LogP contribution >= 0.6 is 0 Å². The molecule has 2 atom stereocenters. The van der Waals surface area contributed by atoms with Gasteiger partial charge in [0.15, 0.2) is 0 Å². The van der Waals surface area contributed by atoms with Crippen molar-refractivity contribution in [1.29, 1.82) is 0 Å². The summed E-state index contributed by atoms with van der Waals surface area (Å²) < 4.78 is 41.1. The van der Waals surface area contributed by atoms with Gasteiger partial charge in [-0.25, -0.2) is 0 Å². The Bertz CT molecular complexity index is 860. The van der Waals surface area contributed by atoms with E-state index in [1.54, 1.807) is 0 Å². The van der Waals surface area contributed by atoms with Gasteiger partial charge < -0.3 is 16.0 Å². The molecule has 2 heterocycles. The van der Waals surface area contributed by atoms with Crippen LogP contribution in [0.1, 0.15) is 40.2 Å². The second-order valence-electron chi connectivity index (χ2n) is 7.62. The van der Waals surface area contributed by atoms with Gasteiger partial charge in [0.1, 0.15) is 0 Å². The molecule has 2 aromatic rings. The van der Waals surface area contributed by atoms with E-state index in [0.29, 0.717) is 18.8 Å². The van der Waals surface area contributed by atoms with Crippen LogP contribution in [0, 0.1) is 13.8 Å². The first-order chi connectivity index (χ1) is 12.8. The molecule has 2 aliphatic heterocycles.